The smallest absolute Gasteiger partial charge is 0.257 e. The summed E-state index contributed by atoms with van der Waals surface area (Å²) in [7, 11) is 1.61. The monoisotopic (exact) mass is 265 g/mol. The van der Waals surface area contributed by atoms with Crippen molar-refractivity contribution in [3.8, 4) is 5.75 Å². The predicted octanol–water partition coefficient (Wildman–Crippen LogP) is 1.34. The van der Waals surface area contributed by atoms with Crippen LogP contribution in [0.15, 0.2) is 18.2 Å². The van der Waals surface area contributed by atoms with Crippen LogP contribution in [0.25, 0.3) is 0 Å². The van der Waals surface area contributed by atoms with E-state index < -0.39 is 0 Å². The van der Waals surface area contributed by atoms with Crippen molar-refractivity contribution >= 4 is 12.2 Å². The molecule has 0 bridgehead atoms. The fraction of sp³-hybridized carbons (Fsp3) is 0.429. The Balaban J connectivity index is 2.39. The molecule has 5 heteroatoms. The molecule has 0 aliphatic rings. The summed E-state index contributed by atoms with van der Waals surface area (Å²) in [6.45, 7) is 2.94. The Bertz CT molecular complexity index is 431. The molecule has 5 nitrogen and oxygen atoms in total. The van der Waals surface area contributed by atoms with Crippen LogP contribution in [0.3, 0.4) is 0 Å². The highest BCUT2D eigenvalue weighted by Crippen LogP contribution is 2.17. The number of amides is 1. The minimum Gasteiger partial charge on any atom is -0.483 e. The largest absolute Gasteiger partial charge is 0.483 e. The van der Waals surface area contributed by atoms with Gasteiger partial charge in [0.1, 0.15) is 5.75 Å². The van der Waals surface area contributed by atoms with E-state index in [0.29, 0.717) is 24.5 Å². The second kappa shape index (κ2) is 8.26. The molecule has 0 spiro atoms. The van der Waals surface area contributed by atoms with Crippen molar-refractivity contribution < 1.29 is 19.1 Å². The Morgan fingerprint density at radius 2 is 2.21 bits per heavy atom. The van der Waals surface area contributed by atoms with Crippen LogP contribution < -0.4 is 10.1 Å². The average Bonchev–Trinajstić information content (AvgIpc) is 2.42. The van der Waals surface area contributed by atoms with Gasteiger partial charge in [-0.25, -0.2) is 0 Å². The van der Waals surface area contributed by atoms with E-state index in [-0.39, 0.29) is 12.5 Å². The molecule has 1 amide bonds. The van der Waals surface area contributed by atoms with Crippen LogP contribution in [0.2, 0.25) is 0 Å². The maximum Gasteiger partial charge on any atom is 0.257 e. The van der Waals surface area contributed by atoms with Gasteiger partial charge < -0.3 is 14.8 Å². The summed E-state index contributed by atoms with van der Waals surface area (Å²) < 4.78 is 10.2. The first-order chi connectivity index (χ1) is 9.17. The summed E-state index contributed by atoms with van der Waals surface area (Å²) in [5.41, 5.74) is 1.42. The van der Waals surface area contributed by atoms with Crippen LogP contribution in [-0.4, -0.2) is 39.1 Å². The summed E-state index contributed by atoms with van der Waals surface area (Å²) in [4.78, 5) is 22.4. The molecule has 1 aromatic rings. The van der Waals surface area contributed by atoms with Gasteiger partial charge in [-0.3, -0.25) is 9.59 Å². The van der Waals surface area contributed by atoms with Crippen LogP contribution in [0, 0.1) is 6.92 Å². The van der Waals surface area contributed by atoms with Gasteiger partial charge in [0.15, 0.2) is 12.9 Å². The topological polar surface area (TPSA) is 64.6 Å². The van der Waals surface area contributed by atoms with Gasteiger partial charge in [0.05, 0.1) is 5.56 Å². The van der Waals surface area contributed by atoms with Gasteiger partial charge in [-0.15, -0.1) is 0 Å². The molecular formula is C14H19NO4. The average molecular weight is 265 g/mol. The fourth-order valence-corrected chi connectivity index (χ4v) is 1.53. The van der Waals surface area contributed by atoms with E-state index in [1.165, 1.54) is 0 Å². The summed E-state index contributed by atoms with van der Waals surface area (Å²) >= 11 is 0. The first-order valence-electron chi connectivity index (χ1n) is 6.11. The normalized spacial score (nSPS) is 10.0. The minimum atomic E-state index is -0.214. The second-order valence-electron chi connectivity index (χ2n) is 4.14. The third kappa shape index (κ3) is 5.52. The van der Waals surface area contributed by atoms with E-state index in [0.717, 1.165) is 18.3 Å². The van der Waals surface area contributed by atoms with Crippen LogP contribution in [0.1, 0.15) is 22.3 Å². The molecule has 0 aliphatic heterocycles. The summed E-state index contributed by atoms with van der Waals surface area (Å²) in [6.07, 6.45) is 1.48. The molecule has 1 N–H and O–H groups in total. The van der Waals surface area contributed by atoms with Crippen LogP contribution in [0.5, 0.6) is 5.75 Å². The summed E-state index contributed by atoms with van der Waals surface area (Å²) in [5, 5.41) is 2.70. The van der Waals surface area contributed by atoms with Crippen LogP contribution >= 0.6 is 0 Å². The van der Waals surface area contributed by atoms with E-state index in [9.17, 15) is 9.59 Å². The van der Waals surface area contributed by atoms with Crippen molar-refractivity contribution in [2.45, 2.75) is 13.3 Å². The molecular weight excluding hydrogens is 246 g/mol. The maximum absolute atomic E-state index is 11.5. The number of hydrogen-bond acceptors (Lipinski definition) is 4. The van der Waals surface area contributed by atoms with Gasteiger partial charge in [-0.1, -0.05) is 11.6 Å². The highest BCUT2D eigenvalue weighted by Gasteiger charge is 2.06. The molecule has 0 unspecified atom stereocenters. The lowest BCUT2D eigenvalue weighted by atomic mass is 10.1. The number of benzene rings is 1. The third-order valence-corrected chi connectivity index (χ3v) is 2.50. The molecule has 104 valence electrons. The zero-order valence-corrected chi connectivity index (χ0v) is 11.3. The predicted molar refractivity (Wildman–Crippen MR) is 71.6 cm³/mol. The Kier molecular flexibility index (Phi) is 6.60. The number of ether oxygens (including phenoxy) is 2. The van der Waals surface area contributed by atoms with Gasteiger partial charge >= 0.3 is 0 Å². The standard InChI is InChI=1S/C14H19NO4/c1-11-4-5-13(12(8-11)9-16)19-10-14(17)15-6-3-7-18-2/h4-5,8-9H,3,6-7,10H2,1-2H3,(H,15,17). The van der Waals surface area contributed by atoms with Gasteiger partial charge in [0.2, 0.25) is 0 Å². The fourth-order valence-electron chi connectivity index (χ4n) is 1.53. The Morgan fingerprint density at radius 3 is 2.89 bits per heavy atom. The number of carbonyl (C=O) groups excluding carboxylic acids is 2. The highest BCUT2D eigenvalue weighted by molar-refractivity contribution is 5.81. The molecule has 0 saturated carbocycles. The lowest BCUT2D eigenvalue weighted by Gasteiger charge is -2.09. The molecule has 0 saturated heterocycles. The van der Waals surface area contributed by atoms with Gasteiger partial charge in [-0.05, 0) is 25.5 Å². The van der Waals surface area contributed by atoms with Crippen molar-refractivity contribution in [2.75, 3.05) is 26.9 Å². The summed E-state index contributed by atoms with van der Waals surface area (Å²) in [5.74, 6) is 0.209. The maximum atomic E-state index is 11.5. The van der Waals surface area contributed by atoms with E-state index in [2.05, 4.69) is 5.32 Å². The molecule has 19 heavy (non-hydrogen) atoms. The van der Waals surface area contributed by atoms with Crippen molar-refractivity contribution in [1.82, 2.24) is 5.32 Å². The third-order valence-electron chi connectivity index (χ3n) is 2.50. The first-order valence-corrected chi connectivity index (χ1v) is 6.11. The number of carbonyl (C=O) groups is 2. The molecule has 0 fully saturated rings. The molecule has 0 aromatic heterocycles. The van der Waals surface area contributed by atoms with Crippen molar-refractivity contribution in [3.63, 3.8) is 0 Å². The molecule has 0 heterocycles. The van der Waals surface area contributed by atoms with Crippen molar-refractivity contribution in [1.29, 1.82) is 0 Å². The lowest BCUT2D eigenvalue weighted by molar-refractivity contribution is -0.123. The van der Waals surface area contributed by atoms with Crippen molar-refractivity contribution in [3.05, 3.63) is 29.3 Å². The molecule has 1 rings (SSSR count). The van der Waals surface area contributed by atoms with E-state index in [1.54, 1.807) is 19.2 Å². The van der Waals surface area contributed by atoms with Gasteiger partial charge in [-0.2, -0.15) is 0 Å². The second-order valence-corrected chi connectivity index (χ2v) is 4.14. The van der Waals surface area contributed by atoms with Gasteiger partial charge in [0, 0.05) is 20.3 Å². The Labute approximate surface area is 112 Å². The van der Waals surface area contributed by atoms with Crippen LogP contribution in [-0.2, 0) is 9.53 Å². The number of methoxy groups -OCH3 is 1. The SMILES string of the molecule is COCCCNC(=O)COc1ccc(C)cc1C=O. The van der Waals surface area contributed by atoms with Crippen molar-refractivity contribution in [2.24, 2.45) is 0 Å². The molecule has 0 atom stereocenters. The van der Waals surface area contributed by atoms with Gasteiger partial charge in [0.25, 0.3) is 5.91 Å². The van der Waals surface area contributed by atoms with E-state index >= 15 is 0 Å². The highest BCUT2D eigenvalue weighted by atomic mass is 16.5. The number of hydrogen-bond donors (Lipinski definition) is 1. The number of rotatable bonds is 8. The van der Waals surface area contributed by atoms with Crippen LogP contribution in [0.4, 0.5) is 0 Å². The number of aldehydes is 1. The minimum absolute atomic E-state index is 0.100. The Morgan fingerprint density at radius 1 is 1.42 bits per heavy atom. The molecule has 1 aromatic carbocycles. The zero-order valence-electron chi connectivity index (χ0n) is 11.3. The Hall–Kier alpha value is -1.88. The number of nitrogens with one attached hydrogen (secondary N) is 1. The molecule has 0 radical (unpaired) electrons. The zero-order chi connectivity index (χ0) is 14.1. The number of aryl methyl sites for hydroxylation is 1. The quantitative estimate of drug-likeness (QED) is 0.569. The molecule has 0 aliphatic carbocycles. The first kappa shape index (κ1) is 15.2. The van der Waals surface area contributed by atoms with E-state index in [1.807, 2.05) is 13.0 Å². The summed E-state index contributed by atoms with van der Waals surface area (Å²) in [6, 6.07) is 5.24. The lowest BCUT2D eigenvalue weighted by Crippen LogP contribution is -2.30. The van der Waals surface area contributed by atoms with E-state index in [4.69, 9.17) is 9.47 Å².